The van der Waals surface area contributed by atoms with Crippen molar-refractivity contribution >= 4 is 11.8 Å². The highest BCUT2D eigenvalue weighted by Crippen LogP contribution is 2.42. The third kappa shape index (κ3) is 16.4. The summed E-state index contributed by atoms with van der Waals surface area (Å²) in [5, 5.41) is 9.21. The molecule has 84 heavy (non-hydrogen) atoms. The highest BCUT2D eigenvalue weighted by atomic mass is 32.2. The molecule has 0 radical (unpaired) electrons. The number of hydrogen-bond acceptors (Lipinski definition) is 15. The molecule has 0 N–H and O–H groups in total. The molecule has 0 unspecified atom stereocenters. The van der Waals surface area contributed by atoms with Gasteiger partial charge in [0.1, 0.15) is 65.7 Å². The van der Waals surface area contributed by atoms with Crippen LogP contribution >= 0.6 is 11.8 Å². The number of ether oxygens (including phenoxy) is 12. The molecular weight excluding hydrogens is 1080 g/mol. The van der Waals surface area contributed by atoms with Crippen molar-refractivity contribution in [3.63, 3.8) is 0 Å². The number of rotatable bonds is 29. The Bertz CT molecular complexity index is 3200. The largest absolute Gasteiger partial charge is 0.497 e. The Hall–Kier alpha value is -6.61. The number of hydrogen-bond donors (Lipinski definition) is 0. The highest BCUT2D eigenvalue weighted by molar-refractivity contribution is 7.99. The van der Waals surface area contributed by atoms with Crippen LogP contribution in [0.3, 0.4) is 0 Å². The molecule has 3 aliphatic heterocycles. The fourth-order valence-corrected chi connectivity index (χ4v) is 11.7. The van der Waals surface area contributed by atoms with Gasteiger partial charge in [0.05, 0.1) is 79.3 Å². The van der Waals surface area contributed by atoms with Crippen molar-refractivity contribution in [1.29, 1.82) is 0 Å². The average molecular weight is 1160 g/mol. The molecule has 3 aliphatic rings. The third-order valence-corrected chi connectivity index (χ3v) is 15.9. The number of aromatic nitrogens is 3. The topological polar surface area (TPSA) is 141 Å². The van der Waals surface area contributed by atoms with Crippen LogP contribution in [-0.2, 0) is 105 Å². The van der Waals surface area contributed by atoms with Gasteiger partial charge in [0.2, 0.25) is 0 Å². The molecule has 1 aromatic heterocycles. The fraction of sp³-hybridized carbons (Fsp3) is 0.353. The minimum absolute atomic E-state index is 0.135. The van der Waals surface area contributed by atoms with Crippen molar-refractivity contribution in [3.05, 3.63) is 251 Å². The maximum absolute atomic E-state index is 7.09. The Morgan fingerprint density at radius 3 is 1.71 bits per heavy atom. The van der Waals surface area contributed by atoms with Gasteiger partial charge >= 0.3 is 0 Å². The predicted octanol–water partition coefficient (Wildman–Crippen LogP) is 11.7. The predicted molar refractivity (Wildman–Crippen MR) is 316 cm³/mol. The van der Waals surface area contributed by atoms with Crippen molar-refractivity contribution in [2.45, 2.75) is 138 Å². The second-order valence-electron chi connectivity index (χ2n) is 21.5. The molecule has 11 rings (SSSR count). The van der Waals surface area contributed by atoms with Crippen molar-refractivity contribution in [1.82, 2.24) is 15.0 Å². The van der Waals surface area contributed by atoms with Crippen LogP contribution in [0.4, 0.5) is 0 Å². The molecule has 3 saturated heterocycles. The van der Waals surface area contributed by atoms with Crippen LogP contribution in [-0.4, -0.2) is 102 Å². The van der Waals surface area contributed by atoms with Crippen LogP contribution in [0.1, 0.15) is 58.5 Å². The van der Waals surface area contributed by atoms with E-state index in [1.807, 2.05) is 164 Å². The minimum atomic E-state index is -0.838. The van der Waals surface area contributed by atoms with Crippen molar-refractivity contribution in [3.8, 4) is 5.75 Å². The van der Waals surface area contributed by atoms with Crippen LogP contribution in [0.2, 0.25) is 0 Å². The first-order chi connectivity index (χ1) is 41.3. The molecule has 0 spiro atoms. The Morgan fingerprint density at radius 2 is 1.07 bits per heavy atom. The first kappa shape index (κ1) is 59.1. The Morgan fingerprint density at radius 1 is 0.524 bits per heavy atom. The van der Waals surface area contributed by atoms with Gasteiger partial charge in [0, 0.05) is 4.90 Å². The summed E-state index contributed by atoms with van der Waals surface area (Å²) in [6, 6.07) is 66.8. The zero-order valence-corrected chi connectivity index (χ0v) is 48.4. The number of thioether (sulfide) groups is 1. The lowest BCUT2D eigenvalue weighted by atomic mass is 9.99. The van der Waals surface area contributed by atoms with Crippen LogP contribution in [0.15, 0.2) is 211 Å². The summed E-state index contributed by atoms with van der Waals surface area (Å²) in [5.41, 5.74) is 7.25. The van der Waals surface area contributed by atoms with Gasteiger partial charge in [-0.2, -0.15) is 0 Å². The lowest BCUT2D eigenvalue weighted by Crippen LogP contribution is -2.60. The fourth-order valence-electron chi connectivity index (χ4n) is 10.6. The number of methoxy groups -OCH3 is 1. The lowest BCUT2D eigenvalue weighted by molar-refractivity contribution is -0.254. The molecule has 3 fully saturated rings. The molecule has 0 aliphatic carbocycles. The van der Waals surface area contributed by atoms with E-state index >= 15 is 0 Å². The average Bonchev–Trinajstić information content (AvgIpc) is 3.43. The van der Waals surface area contributed by atoms with E-state index < -0.39 is 66.3 Å². The Balaban J connectivity index is 0.795. The molecule has 7 aromatic carbocycles. The molecule has 438 valence electrons. The molecule has 10 atom stereocenters. The van der Waals surface area contributed by atoms with Gasteiger partial charge < -0.3 is 56.8 Å². The third-order valence-electron chi connectivity index (χ3n) is 14.7. The molecule has 0 amide bonds. The van der Waals surface area contributed by atoms with Gasteiger partial charge in [-0.3, -0.25) is 0 Å². The Kier molecular flexibility index (Phi) is 20.7. The van der Waals surface area contributed by atoms with Gasteiger partial charge in [-0.1, -0.05) is 193 Å². The summed E-state index contributed by atoms with van der Waals surface area (Å²) in [5.74, 6) is -0.0615. The molecule has 15 nitrogen and oxygen atoms in total. The summed E-state index contributed by atoms with van der Waals surface area (Å²) in [6.07, 6.45) is -3.11. The summed E-state index contributed by atoms with van der Waals surface area (Å²) in [4.78, 5) is 1.03. The number of nitrogens with zero attached hydrogens (tertiary/aromatic N) is 3. The van der Waals surface area contributed by atoms with E-state index in [0.29, 0.717) is 45.3 Å². The van der Waals surface area contributed by atoms with Crippen LogP contribution < -0.4 is 4.74 Å². The minimum Gasteiger partial charge on any atom is -0.497 e. The van der Waals surface area contributed by atoms with Gasteiger partial charge in [-0.25, -0.2) is 4.68 Å². The summed E-state index contributed by atoms with van der Waals surface area (Å²) in [6.45, 7) is 6.92. The first-order valence-electron chi connectivity index (χ1n) is 28.6. The standard InChI is InChI=1S/C68H73N3O12S/c1-68(2)82-64-63(78-43-51-26-15-7-16-27-51)61(81-66(64)83-68)58(46-73-40-52-32-34-56(72-3)35-33-52)75-44-54-29-19-28-53(36-54)37-71-38-55(69-70-71)45-79-65-62(77-42-50-24-13-6-14-25-50)60(76-41-49-22-11-5-12-23-49)59(47-74-39-48-20-9-4-10-21-48)80-67(65)84-57-30-17-8-18-31-57/h4-36,38,58-67H,37,39-47H2,1-3H3/t58-,59-,60-,61-,62+,63+,64-,65-,66-,67+/m1/s1. The summed E-state index contributed by atoms with van der Waals surface area (Å²) in [7, 11) is 1.65. The van der Waals surface area contributed by atoms with E-state index in [1.165, 1.54) is 0 Å². The van der Waals surface area contributed by atoms with Gasteiger partial charge in [-0.15, -0.1) is 5.10 Å². The van der Waals surface area contributed by atoms with E-state index in [4.69, 9.17) is 56.8 Å². The molecular formula is C68H73N3O12S. The van der Waals surface area contributed by atoms with Crippen LogP contribution in [0.5, 0.6) is 5.75 Å². The number of benzene rings is 7. The molecule has 0 bridgehead atoms. The van der Waals surface area contributed by atoms with E-state index in [1.54, 1.807) is 18.9 Å². The SMILES string of the molecule is COc1ccc(COC[C@@H](OCc2cccc(Cn3cc(CO[C@@H]4[C@@H](OCc5ccccc5)[C@H](OCc5ccccc5)[C@@H](COCc5ccccc5)O[C@H]4Sc4ccccc4)nn3)c2)[C@H]2O[C@@H]3OC(C)(C)O[C@@H]3[C@H]2OCc2ccccc2)cc1. The molecule has 16 heteroatoms. The van der Waals surface area contributed by atoms with Crippen molar-refractivity contribution < 1.29 is 56.8 Å². The zero-order chi connectivity index (χ0) is 57.3. The first-order valence-corrected chi connectivity index (χ1v) is 29.5. The molecule has 0 saturated carbocycles. The van der Waals surface area contributed by atoms with Crippen LogP contribution in [0.25, 0.3) is 0 Å². The van der Waals surface area contributed by atoms with E-state index in [9.17, 15) is 0 Å². The van der Waals surface area contributed by atoms with E-state index in [-0.39, 0.29) is 26.4 Å². The van der Waals surface area contributed by atoms with E-state index in [0.717, 1.165) is 49.6 Å². The second kappa shape index (κ2) is 29.5. The summed E-state index contributed by atoms with van der Waals surface area (Å²) >= 11 is 1.59. The van der Waals surface area contributed by atoms with Gasteiger partial charge in [-0.05, 0) is 77.1 Å². The number of fused-ring (bicyclic) bond motifs is 1. The normalized spacial score (nSPS) is 23.1. The highest BCUT2D eigenvalue weighted by Gasteiger charge is 2.57. The van der Waals surface area contributed by atoms with E-state index in [2.05, 4.69) is 71.0 Å². The summed E-state index contributed by atoms with van der Waals surface area (Å²) < 4.78 is 80.8. The van der Waals surface area contributed by atoms with Crippen LogP contribution in [0, 0.1) is 0 Å². The maximum atomic E-state index is 7.09. The quantitative estimate of drug-likeness (QED) is 0.0439. The second-order valence-corrected chi connectivity index (χ2v) is 22.7. The molecule has 4 heterocycles. The Labute approximate surface area is 496 Å². The van der Waals surface area contributed by atoms with Crippen molar-refractivity contribution in [2.24, 2.45) is 0 Å². The lowest BCUT2D eigenvalue weighted by Gasteiger charge is -2.46. The maximum Gasteiger partial charge on any atom is 0.190 e. The molecule has 8 aromatic rings. The van der Waals surface area contributed by atoms with Gasteiger partial charge in [0.15, 0.2) is 12.1 Å². The smallest absolute Gasteiger partial charge is 0.190 e. The van der Waals surface area contributed by atoms with Crippen molar-refractivity contribution in [2.75, 3.05) is 20.3 Å². The monoisotopic (exact) mass is 1160 g/mol. The zero-order valence-electron chi connectivity index (χ0n) is 47.6. The van der Waals surface area contributed by atoms with Gasteiger partial charge in [0.25, 0.3) is 0 Å².